The van der Waals surface area contributed by atoms with Gasteiger partial charge in [-0.3, -0.25) is 9.79 Å². The monoisotopic (exact) mass is 213 g/mol. The molecule has 0 amide bonds. The van der Waals surface area contributed by atoms with Crippen molar-refractivity contribution in [1.29, 1.82) is 0 Å². The van der Waals surface area contributed by atoms with Crippen LogP contribution in [0.2, 0.25) is 0 Å². The van der Waals surface area contributed by atoms with Crippen molar-refractivity contribution in [3.05, 3.63) is 12.2 Å². The Kier molecular flexibility index (Phi) is 5.62. The second-order valence-electron chi connectivity index (χ2n) is 3.71. The number of nitrogens with zero attached hydrogens (tertiary/aromatic N) is 1. The molecule has 86 valence electrons. The second-order valence-corrected chi connectivity index (χ2v) is 3.71. The molecule has 1 atom stereocenters. The summed E-state index contributed by atoms with van der Waals surface area (Å²) in [5.41, 5.74) is 9.68. The minimum atomic E-state index is -1.19. The van der Waals surface area contributed by atoms with Crippen molar-refractivity contribution in [3.63, 3.8) is 0 Å². The summed E-state index contributed by atoms with van der Waals surface area (Å²) >= 11 is 0. The van der Waals surface area contributed by atoms with E-state index in [-0.39, 0.29) is 0 Å². The van der Waals surface area contributed by atoms with Crippen molar-refractivity contribution in [2.75, 3.05) is 6.54 Å². The number of nitrogens with two attached hydrogens (primary N) is 2. The first-order valence-corrected chi connectivity index (χ1v) is 4.80. The molecular weight excluding hydrogens is 194 g/mol. The molecule has 0 aromatic heterocycles. The summed E-state index contributed by atoms with van der Waals surface area (Å²) in [7, 11) is 0. The predicted molar refractivity (Wildman–Crippen MR) is 60.8 cm³/mol. The fraction of sp³-hybridized carbons (Fsp3) is 0.600. The predicted octanol–water partition coefficient (Wildman–Crippen LogP) is 0.502. The highest BCUT2D eigenvalue weighted by atomic mass is 16.4. The van der Waals surface area contributed by atoms with Crippen molar-refractivity contribution in [2.24, 2.45) is 16.5 Å². The van der Waals surface area contributed by atoms with Crippen LogP contribution < -0.4 is 11.5 Å². The standard InChI is InChI=1S/C10H19N3O2/c1-8(11)13-7-5-3-4-6-10(2,12)9(14)15/h3-4H,5-7,12H2,1-2H3,(H2,11,13)(H,14,15)/b4-3+. The Morgan fingerprint density at radius 1 is 1.53 bits per heavy atom. The van der Waals surface area contributed by atoms with Gasteiger partial charge in [-0.05, 0) is 26.7 Å². The lowest BCUT2D eigenvalue weighted by molar-refractivity contribution is -0.142. The van der Waals surface area contributed by atoms with Gasteiger partial charge in [0.05, 0.1) is 5.84 Å². The number of carboxylic acids is 1. The third-order valence-electron chi connectivity index (χ3n) is 1.85. The Bertz CT molecular complexity index is 266. The van der Waals surface area contributed by atoms with Crippen LogP contribution in [0.5, 0.6) is 0 Å². The first-order valence-electron chi connectivity index (χ1n) is 4.80. The van der Waals surface area contributed by atoms with E-state index in [1.54, 1.807) is 13.0 Å². The summed E-state index contributed by atoms with van der Waals surface area (Å²) in [6, 6.07) is 0. The largest absolute Gasteiger partial charge is 0.480 e. The van der Waals surface area contributed by atoms with E-state index in [0.29, 0.717) is 18.8 Å². The van der Waals surface area contributed by atoms with Crippen LogP contribution in [-0.4, -0.2) is 29.0 Å². The third kappa shape index (κ3) is 6.68. The first-order chi connectivity index (χ1) is 6.86. The average molecular weight is 213 g/mol. The maximum Gasteiger partial charge on any atom is 0.323 e. The average Bonchev–Trinajstić information content (AvgIpc) is 2.10. The minimum absolute atomic E-state index is 0.313. The molecule has 0 aliphatic carbocycles. The van der Waals surface area contributed by atoms with Crippen LogP contribution in [0, 0.1) is 0 Å². The molecule has 0 spiro atoms. The quantitative estimate of drug-likeness (QED) is 0.259. The van der Waals surface area contributed by atoms with Gasteiger partial charge in [-0.25, -0.2) is 0 Å². The Morgan fingerprint density at radius 2 is 2.13 bits per heavy atom. The molecule has 0 aromatic rings. The Balaban J connectivity index is 3.81. The zero-order valence-electron chi connectivity index (χ0n) is 9.23. The number of carbonyl (C=O) groups is 1. The molecule has 5 nitrogen and oxygen atoms in total. The van der Waals surface area contributed by atoms with Gasteiger partial charge >= 0.3 is 5.97 Å². The molecule has 0 saturated heterocycles. The molecule has 0 fully saturated rings. The van der Waals surface area contributed by atoms with Gasteiger partial charge in [-0.1, -0.05) is 12.2 Å². The van der Waals surface area contributed by atoms with Crippen LogP contribution in [0.25, 0.3) is 0 Å². The van der Waals surface area contributed by atoms with Crippen LogP contribution >= 0.6 is 0 Å². The van der Waals surface area contributed by atoms with Gasteiger partial charge in [0.25, 0.3) is 0 Å². The van der Waals surface area contributed by atoms with Crippen molar-refractivity contribution >= 4 is 11.8 Å². The van der Waals surface area contributed by atoms with Crippen LogP contribution in [0.4, 0.5) is 0 Å². The van der Waals surface area contributed by atoms with Gasteiger partial charge < -0.3 is 16.6 Å². The number of hydrogen-bond acceptors (Lipinski definition) is 3. The molecule has 5 N–H and O–H groups in total. The molecule has 1 unspecified atom stereocenters. The number of amidine groups is 1. The fourth-order valence-corrected chi connectivity index (χ4v) is 0.849. The molecule has 0 heterocycles. The molecule has 0 aliphatic rings. The van der Waals surface area contributed by atoms with Gasteiger partial charge in [0.15, 0.2) is 0 Å². The molecule has 0 saturated carbocycles. The van der Waals surface area contributed by atoms with Crippen molar-refractivity contribution < 1.29 is 9.90 Å². The summed E-state index contributed by atoms with van der Waals surface area (Å²) in [6.07, 6.45) is 4.67. The normalized spacial score (nSPS) is 16.6. The van der Waals surface area contributed by atoms with Gasteiger partial charge in [0.2, 0.25) is 0 Å². The zero-order chi connectivity index (χ0) is 11.9. The van der Waals surface area contributed by atoms with Crippen LogP contribution in [-0.2, 0) is 4.79 Å². The lowest BCUT2D eigenvalue weighted by atomic mass is 9.99. The highest BCUT2D eigenvalue weighted by molar-refractivity contribution is 5.78. The number of aliphatic imine (C=N–C) groups is 1. The Hall–Kier alpha value is -1.36. The molecule has 0 rings (SSSR count). The maximum atomic E-state index is 10.6. The van der Waals surface area contributed by atoms with Crippen molar-refractivity contribution in [3.8, 4) is 0 Å². The van der Waals surface area contributed by atoms with Crippen LogP contribution in [0.15, 0.2) is 17.1 Å². The summed E-state index contributed by atoms with van der Waals surface area (Å²) in [6.45, 7) is 3.83. The Labute approximate surface area is 89.9 Å². The molecule has 0 aliphatic heterocycles. The number of aliphatic carboxylic acids is 1. The fourth-order valence-electron chi connectivity index (χ4n) is 0.849. The van der Waals surface area contributed by atoms with Gasteiger partial charge in [0, 0.05) is 6.54 Å². The Morgan fingerprint density at radius 3 is 2.60 bits per heavy atom. The lowest BCUT2D eigenvalue weighted by Crippen LogP contribution is -2.44. The van der Waals surface area contributed by atoms with E-state index >= 15 is 0 Å². The van der Waals surface area contributed by atoms with Crippen LogP contribution in [0.3, 0.4) is 0 Å². The summed E-state index contributed by atoms with van der Waals surface area (Å²) in [4.78, 5) is 14.6. The smallest absolute Gasteiger partial charge is 0.323 e. The molecular formula is C10H19N3O2. The summed E-state index contributed by atoms with van der Waals surface area (Å²) < 4.78 is 0. The van der Waals surface area contributed by atoms with Gasteiger partial charge in [0.1, 0.15) is 5.54 Å². The number of carboxylic acid groups (broad SMARTS) is 1. The molecule has 5 heteroatoms. The van der Waals surface area contributed by atoms with E-state index in [2.05, 4.69) is 4.99 Å². The first kappa shape index (κ1) is 13.6. The second kappa shape index (κ2) is 6.19. The summed E-state index contributed by atoms with van der Waals surface area (Å²) in [5, 5.41) is 8.72. The van der Waals surface area contributed by atoms with E-state index in [9.17, 15) is 4.79 Å². The summed E-state index contributed by atoms with van der Waals surface area (Å²) in [5.74, 6) is -0.444. The molecule has 15 heavy (non-hydrogen) atoms. The lowest BCUT2D eigenvalue weighted by Gasteiger charge is -2.15. The van der Waals surface area contributed by atoms with E-state index < -0.39 is 11.5 Å². The molecule has 0 aromatic carbocycles. The third-order valence-corrected chi connectivity index (χ3v) is 1.85. The van der Waals surface area contributed by atoms with Crippen molar-refractivity contribution in [2.45, 2.75) is 32.2 Å². The van der Waals surface area contributed by atoms with E-state index in [0.717, 1.165) is 6.42 Å². The SMILES string of the molecule is CC(N)=NCC/C=C/CC(C)(N)C(=O)O. The number of rotatable bonds is 6. The van der Waals surface area contributed by atoms with E-state index in [4.69, 9.17) is 16.6 Å². The topological polar surface area (TPSA) is 102 Å². The highest BCUT2D eigenvalue weighted by Gasteiger charge is 2.25. The molecule has 0 bridgehead atoms. The van der Waals surface area contributed by atoms with E-state index in [1.165, 1.54) is 6.92 Å². The number of hydrogen-bond donors (Lipinski definition) is 3. The minimum Gasteiger partial charge on any atom is -0.480 e. The van der Waals surface area contributed by atoms with E-state index in [1.807, 2.05) is 6.08 Å². The zero-order valence-corrected chi connectivity index (χ0v) is 9.23. The van der Waals surface area contributed by atoms with Gasteiger partial charge in [-0.2, -0.15) is 0 Å². The van der Waals surface area contributed by atoms with Crippen molar-refractivity contribution in [1.82, 2.24) is 0 Å². The highest BCUT2D eigenvalue weighted by Crippen LogP contribution is 2.06. The van der Waals surface area contributed by atoms with Gasteiger partial charge in [-0.15, -0.1) is 0 Å². The van der Waals surface area contributed by atoms with Crippen LogP contribution in [0.1, 0.15) is 26.7 Å². The molecule has 0 radical (unpaired) electrons. The maximum absolute atomic E-state index is 10.6.